The van der Waals surface area contributed by atoms with Gasteiger partial charge in [-0.2, -0.15) is 4.98 Å². The number of hydrogen-bond donors (Lipinski definition) is 0. The van der Waals surface area contributed by atoms with E-state index in [-0.39, 0.29) is 22.2 Å². The van der Waals surface area contributed by atoms with Crippen LogP contribution in [0, 0.1) is 10.8 Å². The summed E-state index contributed by atoms with van der Waals surface area (Å²) in [7, 11) is 0. The Morgan fingerprint density at radius 3 is 2.35 bits per heavy atom. The van der Waals surface area contributed by atoms with Crippen LogP contribution >= 0.6 is 15.9 Å². The predicted molar refractivity (Wildman–Crippen MR) is 129 cm³/mol. The van der Waals surface area contributed by atoms with E-state index in [2.05, 4.69) is 28.0 Å². The number of amides is 1. The quantitative estimate of drug-likeness (QED) is 0.435. The number of nitrogens with zero attached hydrogens (tertiary/aromatic N) is 3. The second-order valence-electron chi connectivity index (χ2n) is 12.6. The third-order valence-corrected chi connectivity index (χ3v) is 10.6. The molecule has 7 aliphatic rings. The number of halogens is 2. The van der Waals surface area contributed by atoms with Crippen molar-refractivity contribution < 1.29 is 13.7 Å². The molecule has 7 saturated carbocycles. The van der Waals surface area contributed by atoms with E-state index in [1.54, 1.807) is 0 Å². The molecule has 34 heavy (non-hydrogen) atoms. The van der Waals surface area contributed by atoms with E-state index >= 15 is 0 Å². The monoisotopic (exact) mass is 527 g/mol. The third-order valence-electron chi connectivity index (χ3n) is 10.1. The molecular weight excluding hydrogens is 497 g/mol. The summed E-state index contributed by atoms with van der Waals surface area (Å²) in [6.45, 7) is 2.92. The summed E-state index contributed by atoms with van der Waals surface area (Å²) < 4.78 is 21.0. The highest BCUT2D eigenvalue weighted by Crippen LogP contribution is 2.70. The summed E-state index contributed by atoms with van der Waals surface area (Å²) in [5, 5.41) is 4.45. The lowest BCUT2D eigenvalue weighted by Gasteiger charge is -2.65. The highest BCUT2D eigenvalue weighted by atomic mass is 79.9. The first kappa shape index (κ1) is 21.5. The molecule has 0 radical (unpaired) electrons. The number of aromatic nitrogens is 2. The molecule has 9 rings (SSSR count). The van der Waals surface area contributed by atoms with Crippen molar-refractivity contribution in [2.45, 2.75) is 94.1 Å². The number of benzene rings is 1. The molecule has 7 fully saturated rings. The first-order chi connectivity index (χ1) is 16.2. The molecule has 1 heterocycles. The summed E-state index contributed by atoms with van der Waals surface area (Å²) >= 11 is 3.58. The number of anilines is 1. The van der Waals surface area contributed by atoms with E-state index in [1.165, 1.54) is 0 Å². The van der Waals surface area contributed by atoms with Crippen LogP contribution in [0.15, 0.2) is 33.3 Å². The fraction of sp³-hybridized carbons (Fsp3) is 0.667. The van der Waals surface area contributed by atoms with Gasteiger partial charge in [0.15, 0.2) is 5.82 Å². The van der Waals surface area contributed by atoms with Crippen molar-refractivity contribution in [3.63, 3.8) is 0 Å². The maximum Gasteiger partial charge on any atom is 0.233 e. The smallest absolute Gasteiger partial charge is 0.233 e. The van der Waals surface area contributed by atoms with Gasteiger partial charge in [0.1, 0.15) is 5.67 Å². The zero-order valence-corrected chi connectivity index (χ0v) is 21.3. The minimum absolute atomic E-state index is 0.0217. The first-order valence-corrected chi connectivity index (χ1v) is 13.6. The molecule has 4 bridgehead atoms. The van der Waals surface area contributed by atoms with Crippen molar-refractivity contribution in [3.8, 4) is 0 Å². The fourth-order valence-corrected chi connectivity index (χ4v) is 7.75. The lowest BCUT2D eigenvalue weighted by molar-refractivity contribution is -0.211. The molecule has 0 spiro atoms. The van der Waals surface area contributed by atoms with Gasteiger partial charge in [-0.05, 0) is 94.2 Å². The topological polar surface area (TPSA) is 59.2 Å². The van der Waals surface area contributed by atoms with Crippen LogP contribution in [0.3, 0.4) is 0 Å². The number of carbonyl (C=O) groups is 1. The van der Waals surface area contributed by atoms with E-state index < -0.39 is 11.1 Å². The SMILES string of the molecule is CC1(c2nc(C34CCC(CN(C(=O)C56CC(F)(C5)C6)c5cccc(Br)c5)(CC3)CC4)no2)CC1. The zero-order chi connectivity index (χ0) is 23.4. The standard InChI is InChI=1S/C27H31BrFN3O2/c1-23(5-6-23)21-30-20(31-34-21)25-10-7-24(8-11-25,9-12-25)17-32(19-4-2-3-18(28)13-19)22(33)26-14-27(29,15-26)16-26/h2-4,13H,5-12,14-17H2,1H3. The molecule has 7 aliphatic carbocycles. The van der Waals surface area contributed by atoms with Gasteiger partial charge in [0.05, 0.1) is 5.41 Å². The Kier molecular flexibility index (Phi) is 4.25. The van der Waals surface area contributed by atoms with Crippen LogP contribution in [0.2, 0.25) is 0 Å². The summed E-state index contributed by atoms with van der Waals surface area (Å²) in [4.78, 5) is 20.7. The van der Waals surface area contributed by atoms with E-state index in [0.717, 1.165) is 79.8 Å². The van der Waals surface area contributed by atoms with Crippen LogP contribution in [0.4, 0.5) is 10.1 Å². The normalized spacial score (nSPS) is 38.7. The molecule has 0 N–H and O–H groups in total. The molecule has 1 aromatic carbocycles. The molecular formula is C27H31BrFN3O2. The van der Waals surface area contributed by atoms with Crippen molar-refractivity contribution in [2.24, 2.45) is 10.8 Å². The van der Waals surface area contributed by atoms with Gasteiger partial charge in [0.25, 0.3) is 0 Å². The maximum absolute atomic E-state index is 14.3. The van der Waals surface area contributed by atoms with Crippen LogP contribution < -0.4 is 4.90 Å². The third kappa shape index (κ3) is 3.04. The van der Waals surface area contributed by atoms with E-state index in [1.807, 2.05) is 29.2 Å². The molecule has 0 saturated heterocycles. The summed E-state index contributed by atoms with van der Waals surface area (Å²) in [5.41, 5.74) is -0.401. The van der Waals surface area contributed by atoms with Crippen LogP contribution in [0.5, 0.6) is 0 Å². The minimum Gasteiger partial charge on any atom is -0.339 e. The molecule has 0 atom stereocenters. The number of carbonyl (C=O) groups excluding carboxylic acids is 1. The van der Waals surface area contributed by atoms with E-state index in [4.69, 9.17) is 9.51 Å². The number of fused-ring (bicyclic) bond motifs is 3. The lowest BCUT2D eigenvalue weighted by Crippen LogP contribution is -2.71. The maximum atomic E-state index is 14.3. The van der Waals surface area contributed by atoms with Crippen LogP contribution in [-0.4, -0.2) is 28.3 Å². The van der Waals surface area contributed by atoms with Gasteiger partial charge in [0, 0.05) is 27.5 Å². The second kappa shape index (κ2) is 6.71. The molecule has 7 heteroatoms. The van der Waals surface area contributed by atoms with E-state index in [9.17, 15) is 9.18 Å². The fourth-order valence-electron chi connectivity index (χ4n) is 7.36. The highest BCUT2D eigenvalue weighted by Gasteiger charge is 2.73. The largest absolute Gasteiger partial charge is 0.339 e. The molecule has 5 nitrogen and oxygen atoms in total. The van der Waals surface area contributed by atoms with Crippen molar-refractivity contribution in [2.75, 3.05) is 11.4 Å². The Morgan fingerprint density at radius 2 is 1.76 bits per heavy atom. The van der Waals surface area contributed by atoms with Gasteiger partial charge in [-0.15, -0.1) is 0 Å². The lowest BCUT2D eigenvalue weighted by atomic mass is 9.41. The molecule has 0 unspecified atom stereocenters. The van der Waals surface area contributed by atoms with Gasteiger partial charge in [0.2, 0.25) is 11.8 Å². The average Bonchev–Trinajstić information content (AvgIpc) is 3.33. The zero-order valence-electron chi connectivity index (χ0n) is 19.7. The highest BCUT2D eigenvalue weighted by molar-refractivity contribution is 9.10. The predicted octanol–water partition coefficient (Wildman–Crippen LogP) is 6.40. The van der Waals surface area contributed by atoms with Crippen molar-refractivity contribution >= 4 is 27.5 Å². The average molecular weight is 528 g/mol. The van der Waals surface area contributed by atoms with Crippen LogP contribution in [-0.2, 0) is 15.6 Å². The van der Waals surface area contributed by atoms with Crippen molar-refractivity contribution in [1.29, 1.82) is 0 Å². The minimum atomic E-state index is -1.08. The summed E-state index contributed by atoms with van der Waals surface area (Å²) in [6, 6.07) is 8.02. The Bertz CT molecular complexity index is 1140. The van der Waals surface area contributed by atoms with Gasteiger partial charge >= 0.3 is 0 Å². The summed E-state index contributed by atoms with van der Waals surface area (Å²) in [6.07, 6.45) is 9.79. The van der Waals surface area contributed by atoms with Gasteiger partial charge in [-0.25, -0.2) is 4.39 Å². The Hall–Kier alpha value is -1.76. The van der Waals surface area contributed by atoms with Crippen molar-refractivity contribution in [1.82, 2.24) is 10.1 Å². The van der Waals surface area contributed by atoms with Gasteiger partial charge in [-0.3, -0.25) is 4.79 Å². The second-order valence-corrected chi connectivity index (χ2v) is 13.5. The van der Waals surface area contributed by atoms with Gasteiger partial charge < -0.3 is 9.42 Å². The summed E-state index contributed by atoms with van der Waals surface area (Å²) in [5.74, 6) is 1.85. The molecule has 180 valence electrons. The van der Waals surface area contributed by atoms with Gasteiger partial charge in [-0.1, -0.05) is 34.1 Å². The Labute approximate surface area is 208 Å². The van der Waals surface area contributed by atoms with Crippen LogP contribution in [0.25, 0.3) is 0 Å². The molecule has 1 amide bonds. The van der Waals surface area contributed by atoms with E-state index in [0.29, 0.717) is 19.3 Å². The molecule has 0 aliphatic heterocycles. The number of alkyl halides is 1. The Morgan fingerprint density at radius 1 is 1.09 bits per heavy atom. The molecule has 1 aromatic heterocycles. The number of rotatable bonds is 6. The Balaban J connectivity index is 1.13. The molecule has 2 aromatic rings. The first-order valence-electron chi connectivity index (χ1n) is 12.8. The number of hydrogen-bond acceptors (Lipinski definition) is 4. The van der Waals surface area contributed by atoms with Crippen LogP contribution in [0.1, 0.15) is 89.3 Å². The van der Waals surface area contributed by atoms with Crippen molar-refractivity contribution in [3.05, 3.63) is 40.5 Å².